The smallest absolute Gasteiger partial charge is 0.305 e. The van der Waals surface area contributed by atoms with Crippen molar-refractivity contribution in [2.75, 3.05) is 5.32 Å². The molecule has 0 bridgehead atoms. The van der Waals surface area contributed by atoms with Crippen LogP contribution in [0, 0.1) is 21.4 Å². The lowest BCUT2D eigenvalue weighted by atomic mass is 10.1. The minimum Gasteiger partial charge on any atom is -0.481 e. The Morgan fingerprint density at radius 2 is 2.20 bits per heavy atom. The maximum atomic E-state index is 11.6. The van der Waals surface area contributed by atoms with Gasteiger partial charge in [0.15, 0.2) is 0 Å². The Morgan fingerprint density at radius 3 is 2.70 bits per heavy atom. The molecule has 4 N–H and O–H groups in total. The van der Waals surface area contributed by atoms with E-state index in [1.54, 1.807) is 6.07 Å². The highest BCUT2D eigenvalue weighted by Gasteiger charge is 2.21. The predicted molar refractivity (Wildman–Crippen MR) is 66.7 cm³/mol. The van der Waals surface area contributed by atoms with E-state index in [1.165, 1.54) is 12.1 Å². The zero-order valence-electron chi connectivity index (χ0n) is 10.1. The third kappa shape index (κ3) is 3.76. The first-order valence-corrected chi connectivity index (χ1v) is 5.32. The van der Waals surface area contributed by atoms with E-state index in [-0.39, 0.29) is 11.3 Å². The van der Waals surface area contributed by atoms with Gasteiger partial charge in [-0.1, -0.05) is 0 Å². The Morgan fingerprint density at radius 1 is 1.55 bits per heavy atom. The van der Waals surface area contributed by atoms with Crippen LogP contribution in [0.25, 0.3) is 0 Å². The molecule has 0 aliphatic carbocycles. The van der Waals surface area contributed by atoms with Crippen molar-refractivity contribution in [3.05, 3.63) is 33.9 Å². The van der Waals surface area contributed by atoms with E-state index >= 15 is 0 Å². The monoisotopic (exact) mass is 278 g/mol. The van der Waals surface area contributed by atoms with Crippen molar-refractivity contribution in [1.29, 1.82) is 5.26 Å². The molecule has 1 amide bonds. The number of nitrogens with zero attached hydrogens (tertiary/aromatic N) is 2. The fourth-order valence-corrected chi connectivity index (χ4v) is 1.36. The Labute approximate surface area is 112 Å². The van der Waals surface area contributed by atoms with Crippen molar-refractivity contribution in [3.63, 3.8) is 0 Å². The first-order chi connectivity index (χ1) is 9.35. The van der Waals surface area contributed by atoms with Gasteiger partial charge in [-0.15, -0.1) is 0 Å². The third-order valence-electron chi connectivity index (χ3n) is 2.31. The number of carbonyl (C=O) groups excluding carboxylic acids is 1. The summed E-state index contributed by atoms with van der Waals surface area (Å²) in [7, 11) is 0. The van der Waals surface area contributed by atoms with Gasteiger partial charge in [0, 0.05) is 6.07 Å². The number of benzene rings is 1. The molecule has 9 nitrogen and oxygen atoms in total. The molecule has 0 heterocycles. The average Bonchev–Trinajstić information content (AvgIpc) is 2.37. The second-order valence-corrected chi connectivity index (χ2v) is 3.79. The largest absolute Gasteiger partial charge is 0.481 e. The van der Waals surface area contributed by atoms with Crippen LogP contribution in [-0.4, -0.2) is 27.9 Å². The van der Waals surface area contributed by atoms with Crippen LogP contribution in [0.2, 0.25) is 0 Å². The Hall–Kier alpha value is -2.99. The Bertz CT molecular complexity index is 607. The fourth-order valence-electron chi connectivity index (χ4n) is 1.36. The van der Waals surface area contributed by atoms with Crippen LogP contribution in [0.3, 0.4) is 0 Å². The summed E-state index contributed by atoms with van der Waals surface area (Å²) in [6, 6.07) is 3.87. The van der Waals surface area contributed by atoms with Gasteiger partial charge >= 0.3 is 5.97 Å². The number of carbonyl (C=O) groups is 2. The number of nitrogens with two attached hydrogens (primary N) is 1. The number of nitro groups is 1. The summed E-state index contributed by atoms with van der Waals surface area (Å²) in [5.74, 6) is -2.12. The summed E-state index contributed by atoms with van der Waals surface area (Å²) < 4.78 is 0. The maximum Gasteiger partial charge on any atom is 0.305 e. The number of nitriles is 1. The van der Waals surface area contributed by atoms with Crippen molar-refractivity contribution in [2.45, 2.75) is 12.5 Å². The zero-order chi connectivity index (χ0) is 15.3. The van der Waals surface area contributed by atoms with E-state index in [0.29, 0.717) is 0 Å². The molecule has 1 aromatic carbocycles. The van der Waals surface area contributed by atoms with Crippen LogP contribution < -0.4 is 11.1 Å². The lowest BCUT2D eigenvalue weighted by Gasteiger charge is -2.10. The van der Waals surface area contributed by atoms with E-state index < -0.39 is 34.9 Å². The number of carboxylic acid groups (broad SMARTS) is 1. The van der Waals surface area contributed by atoms with Crippen LogP contribution in [0.5, 0.6) is 0 Å². The molecule has 0 saturated carbocycles. The van der Waals surface area contributed by atoms with Gasteiger partial charge in [-0.25, -0.2) is 0 Å². The van der Waals surface area contributed by atoms with Crippen molar-refractivity contribution in [2.24, 2.45) is 5.73 Å². The maximum absolute atomic E-state index is 11.6. The highest BCUT2D eigenvalue weighted by molar-refractivity contribution is 5.98. The van der Waals surface area contributed by atoms with Crippen molar-refractivity contribution in [3.8, 4) is 6.07 Å². The quantitative estimate of drug-likeness (QED) is 0.512. The van der Waals surface area contributed by atoms with Crippen molar-refractivity contribution < 1.29 is 19.6 Å². The average molecular weight is 278 g/mol. The number of aliphatic carboxylic acids is 1. The topological polar surface area (TPSA) is 159 Å². The van der Waals surface area contributed by atoms with Crippen molar-refractivity contribution >= 4 is 23.3 Å². The second-order valence-electron chi connectivity index (χ2n) is 3.79. The normalized spacial score (nSPS) is 11.2. The highest BCUT2D eigenvalue weighted by Crippen LogP contribution is 2.25. The zero-order valence-corrected chi connectivity index (χ0v) is 10.1. The van der Waals surface area contributed by atoms with E-state index in [1.807, 2.05) is 0 Å². The summed E-state index contributed by atoms with van der Waals surface area (Å²) in [6.45, 7) is 0. The molecule has 0 aliphatic rings. The van der Waals surface area contributed by atoms with Gasteiger partial charge in [0.2, 0.25) is 5.91 Å². The highest BCUT2D eigenvalue weighted by atomic mass is 16.6. The van der Waals surface area contributed by atoms with Gasteiger partial charge in [-0.05, 0) is 12.1 Å². The van der Waals surface area contributed by atoms with Crippen molar-refractivity contribution in [1.82, 2.24) is 0 Å². The van der Waals surface area contributed by atoms with E-state index in [4.69, 9.17) is 16.1 Å². The molecule has 1 atom stereocenters. The lowest BCUT2D eigenvalue weighted by molar-refractivity contribution is -0.383. The molecule has 0 fully saturated rings. The third-order valence-corrected chi connectivity index (χ3v) is 2.31. The standard InChI is InChI=1S/C11H10N4O5/c12-5-6-1-2-8(9(3-6)15(19)20)14-11(18)7(13)4-10(16)17/h1-3,7H,4,13H2,(H,14,18)(H,16,17). The summed E-state index contributed by atoms with van der Waals surface area (Å²) >= 11 is 0. The minimum absolute atomic E-state index is 0.0598. The summed E-state index contributed by atoms with van der Waals surface area (Å²) in [5.41, 5.74) is 4.77. The van der Waals surface area contributed by atoms with Gasteiger partial charge in [0.1, 0.15) is 5.69 Å². The number of hydrogen-bond acceptors (Lipinski definition) is 6. The van der Waals surface area contributed by atoms with Gasteiger partial charge in [0.25, 0.3) is 5.69 Å². The SMILES string of the molecule is N#Cc1ccc(NC(=O)C(N)CC(=O)O)c([N+](=O)[O-])c1. The molecule has 0 saturated heterocycles. The van der Waals surface area contributed by atoms with E-state index in [2.05, 4.69) is 5.32 Å². The Balaban J connectivity index is 2.98. The van der Waals surface area contributed by atoms with Crippen LogP contribution in [0.4, 0.5) is 11.4 Å². The molecule has 0 aromatic heterocycles. The Kier molecular flexibility index (Phi) is 4.71. The van der Waals surface area contributed by atoms with E-state index in [0.717, 1.165) is 6.07 Å². The number of hydrogen-bond donors (Lipinski definition) is 3. The summed E-state index contributed by atoms with van der Waals surface area (Å²) in [6.07, 6.45) is -0.601. The first-order valence-electron chi connectivity index (χ1n) is 5.32. The number of amides is 1. The molecule has 1 rings (SSSR count). The molecule has 1 aromatic rings. The van der Waals surface area contributed by atoms with Gasteiger partial charge in [-0.2, -0.15) is 5.26 Å². The number of nitro benzene ring substituents is 1. The van der Waals surface area contributed by atoms with Gasteiger partial charge < -0.3 is 16.2 Å². The van der Waals surface area contributed by atoms with E-state index in [9.17, 15) is 19.7 Å². The van der Waals surface area contributed by atoms with Gasteiger partial charge in [-0.3, -0.25) is 19.7 Å². The van der Waals surface area contributed by atoms with Crippen LogP contribution in [0.15, 0.2) is 18.2 Å². The summed E-state index contributed by atoms with van der Waals surface area (Å²) in [4.78, 5) is 32.1. The van der Waals surface area contributed by atoms with Crippen LogP contribution >= 0.6 is 0 Å². The number of anilines is 1. The first kappa shape index (κ1) is 15.1. The number of nitrogens with one attached hydrogen (secondary N) is 1. The number of carboxylic acids is 1. The molecular weight excluding hydrogens is 268 g/mol. The molecule has 0 aliphatic heterocycles. The second kappa shape index (κ2) is 6.26. The van der Waals surface area contributed by atoms with Crippen LogP contribution in [-0.2, 0) is 9.59 Å². The lowest BCUT2D eigenvalue weighted by Crippen LogP contribution is -2.37. The molecule has 0 radical (unpaired) electrons. The molecule has 1 unspecified atom stereocenters. The number of rotatable bonds is 5. The molecular formula is C11H10N4O5. The van der Waals surface area contributed by atoms with Crippen LogP contribution in [0.1, 0.15) is 12.0 Å². The predicted octanol–water partition coefficient (Wildman–Crippen LogP) is 0.207. The molecule has 20 heavy (non-hydrogen) atoms. The summed E-state index contributed by atoms with van der Waals surface area (Å²) in [5, 5.41) is 30.2. The minimum atomic E-state index is -1.33. The molecule has 0 spiro atoms. The fraction of sp³-hybridized carbons (Fsp3) is 0.182. The molecule has 9 heteroatoms. The van der Waals surface area contributed by atoms with Gasteiger partial charge in [0.05, 0.1) is 29.0 Å². The molecule has 104 valence electrons.